The Hall–Kier alpha value is -4.18. The molecule has 10 heteroatoms. The molecule has 2 N–H and O–H groups in total. The number of amides is 1. The van der Waals surface area contributed by atoms with E-state index in [1.54, 1.807) is 36.8 Å². The molecular formula is C22H18N4O5S. The molecule has 0 aliphatic carbocycles. The second kappa shape index (κ2) is 8.90. The number of carbonyl (C=O) groups is 1. The molecule has 1 amide bonds. The quantitative estimate of drug-likeness (QED) is 0.463. The predicted molar refractivity (Wildman–Crippen MR) is 120 cm³/mol. The van der Waals surface area contributed by atoms with E-state index >= 15 is 0 Å². The van der Waals surface area contributed by atoms with Gasteiger partial charge in [-0.05, 0) is 36.4 Å². The minimum atomic E-state index is -0.698. The maximum Gasteiger partial charge on any atom is 0.281 e. The highest BCUT2D eigenvalue weighted by Crippen LogP contribution is 2.28. The summed E-state index contributed by atoms with van der Waals surface area (Å²) < 4.78 is 11.4. The van der Waals surface area contributed by atoms with Crippen molar-refractivity contribution in [1.82, 2.24) is 14.8 Å². The molecule has 0 aliphatic rings. The summed E-state index contributed by atoms with van der Waals surface area (Å²) in [6.07, 6.45) is 0. The first-order valence-electron chi connectivity index (χ1n) is 9.37. The number of nitrogens with zero attached hydrogens (tertiary/aromatic N) is 3. The van der Waals surface area contributed by atoms with Gasteiger partial charge in [0.15, 0.2) is 16.6 Å². The van der Waals surface area contributed by atoms with Crippen molar-refractivity contribution in [1.29, 1.82) is 0 Å². The number of carbonyl (C=O) groups excluding carboxylic acids is 1. The van der Waals surface area contributed by atoms with Crippen LogP contribution in [0.15, 0.2) is 64.8 Å². The Bertz CT molecular complexity index is 1330. The third-order valence-electron chi connectivity index (χ3n) is 4.53. The minimum absolute atomic E-state index is 0.307. The summed E-state index contributed by atoms with van der Waals surface area (Å²) in [4.78, 5) is 29.5. The lowest BCUT2D eigenvalue weighted by Gasteiger charge is -2.09. The lowest BCUT2D eigenvalue weighted by atomic mass is 10.2. The van der Waals surface area contributed by atoms with Crippen molar-refractivity contribution in [2.75, 3.05) is 19.5 Å². The monoisotopic (exact) mass is 450 g/mol. The van der Waals surface area contributed by atoms with Crippen molar-refractivity contribution >= 4 is 22.4 Å². The van der Waals surface area contributed by atoms with Gasteiger partial charge in [0.05, 0.1) is 25.6 Å². The number of methoxy groups -OCH3 is 2. The summed E-state index contributed by atoms with van der Waals surface area (Å²) in [7, 11) is 3.11. The number of aromatic hydroxyl groups is 1. The van der Waals surface area contributed by atoms with Crippen molar-refractivity contribution in [3.05, 3.63) is 76.0 Å². The Morgan fingerprint density at radius 1 is 1.06 bits per heavy atom. The summed E-state index contributed by atoms with van der Waals surface area (Å²) in [6, 6.07) is 14.9. The largest absolute Gasteiger partial charge is 0.505 e. The molecule has 2 aromatic carbocycles. The number of aromatic nitrogens is 3. The molecule has 162 valence electrons. The van der Waals surface area contributed by atoms with Crippen LogP contribution < -0.4 is 20.3 Å². The number of rotatable bonds is 6. The smallest absolute Gasteiger partial charge is 0.281 e. The fraction of sp³-hybridized carbons (Fsp3) is 0.0909. The fourth-order valence-corrected chi connectivity index (χ4v) is 3.63. The molecule has 0 saturated carbocycles. The molecule has 0 fully saturated rings. The van der Waals surface area contributed by atoms with Crippen molar-refractivity contribution in [3.63, 3.8) is 0 Å². The summed E-state index contributed by atoms with van der Waals surface area (Å²) in [5.41, 5.74) is 1.01. The van der Waals surface area contributed by atoms with Crippen molar-refractivity contribution in [2.24, 2.45) is 0 Å². The van der Waals surface area contributed by atoms with E-state index in [0.29, 0.717) is 28.0 Å². The molecule has 4 rings (SSSR count). The van der Waals surface area contributed by atoms with Crippen LogP contribution in [-0.4, -0.2) is 40.0 Å². The second-order valence-electron chi connectivity index (χ2n) is 6.55. The number of ether oxygens (including phenoxy) is 2. The van der Waals surface area contributed by atoms with E-state index in [2.05, 4.69) is 15.4 Å². The maximum absolute atomic E-state index is 12.8. The van der Waals surface area contributed by atoms with Crippen LogP contribution in [0.1, 0.15) is 10.5 Å². The van der Waals surface area contributed by atoms with E-state index in [9.17, 15) is 14.7 Å². The van der Waals surface area contributed by atoms with E-state index in [1.165, 1.54) is 18.4 Å². The van der Waals surface area contributed by atoms with Crippen LogP contribution in [0.2, 0.25) is 0 Å². The van der Waals surface area contributed by atoms with Gasteiger partial charge in [0.25, 0.3) is 11.5 Å². The molecule has 0 atom stereocenters. The van der Waals surface area contributed by atoms with Crippen LogP contribution in [0.4, 0.5) is 5.13 Å². The molecule has 0 unspecified atom stereocenters. The second-order valence-corrected chi connectivity index (χ2v) is 7.41. The Kier molecular flexibility index (Phi) is 5.86. The molecule has 0 radical (unpaired) electrons. The minimum Gasteiger partial charge on any atom is -0.505 e. The molecule has 4 aromatic rings. The zero-order valence-corrected chi connectivity index (χ0v) is 17.9. The first-order valence-corrected chi connectivity index (χ1v) is 10.3. The van der Waals surface area contributed by atoms with Gasteiger partial charge in [-0.3, -0.25) is 14.9 Å². The van der Waals surface area contributed by atoms with E-state index in [4.69, 9.17) is 9.47 Å². The van der Waals surface area contributed by atoms with Gasteiger partial charge in [-0.25, -0.2) is 4.98 Å². The van der Waals surface area contributed by atoms with Crippen LogP contribution >= 0.6 is 11.3 Å². The summed E-state index contributed by atoms with van der Waals surface area (Å²) in [5, 5.41) is 18.9. The zero-order valence-electron chi connectivity index (χ0n) is 17.1. The average molecular weight is 450 g/mol. The van der Waals surface area contributed by atoms with Crippen molar-refractivity contribution < 1.29 is 19.4 Å². The van der Waals surface area contributed by atoms with E-state index in [-0.39, 0.29) is 5.69 Å². The topological polar surface area (TPSA) is 116 Å². The number of nitrogens with one attached hydrogen (secondary N) is 1. The Morgan fingerprint density at radius 3 is 2.53 bits per heavy atom. The third-order valence-corrected chi connectivity index (χ3v) is 5.29. The van der Waals surface area contributed by atoms with Crippen LogP contribution in [-0.2, 0) is 0 Å². The number of hydrogen-bond acceptors (Lipinski definition) is 8. The molecule has 2 heterocycles. The van der Waals surface area contributed by atoms with Crippen LogP contribution in [0.5, 0.6) is 17.2 Å². The van der Waals surface area contributed by atoms with Crippen LogP contribution in [0, 0.1) is 0 Å². The Labute approximate surface area is 186 Å². The van der Waals surface area contributed by atoms with Gasteiger partial charge in [0, 0.05) is 17.0 Å². The molecule has 2 aromatic heterocycles. The maximum atomic E-state index is 12.8. The molecule has 32 heavy (non-hydrogen) atoms. The molecule has 0 spiro atoms. The van der Waals surface area contributed by atoms with E-state index < -0.39 is 17.2 Å². The van der Waals surface area contributed by atoms with Gasteiger partial charge >= 0.3 is 0 Å². The standard InChI is InChI=1S/C22H18N4O5S/c1-30-15-8-6-14(7-9-15)26-19(28)11-18(27)20(25-26)21(29)24-22-23-17(12-32-22)13-4-3-5-16(10-13)31-2/h3-12,27H,1-2H3,(H,23,24,29). The Balaban J connectivity index is 1.59. The number of hydrogen-bond donors (Lipinski definition) is 2. The summed E-state index contributed by atoms with van der Waals surface area (Å²) >= 11 is 1.22. The third kappa shape index (κ3) is 4.30. The first kappa shape index (κ1) is 21.1. The zero-order chi connectivity index (χ0) is 22.7. The number of benzene rings is 2. The van der Waals surface area contributed by atoms with Gasteiger partial charge in [-0.15, -0.1) is 11.3 Å². The predicted octanol–water partition coefficient (Wildman–Crippen LogP) is 3.33. The lowest BCUT2D eigenvalue weighted by Crippen LogP contribution is -2.25. The van der Waals surface area contributed by atoms with E-state index in [1.807, 2.05) is 24.3 Å². The number of thiazole rings is 1. The van der Waals surface area contributed by atoms with Gasteiger partial charge < -0.3 is 14.6 Å². The molecule has 9 nitrogen and oxygen atoms in total. The Morgan fingerprint density at radius 2 is 1.81 bits per heavy atom. The highest BCUT2D eigenvalue weighted by Gasteiger charge is 2.18. The highest BCUT2D eigenvalue weighted by molar-refractivity contribution is 7.14. The first-order chi connectivity index (χ1) is 15.5. The summed E-state index contributed by atoms with van der Waals surface area (Å²) in [5.74, 6) is 0.0725. The van der Waals surface area contributed by atoms with Crippen molar-refractivity contribution in [3.8, 4) is 34.2 Å². The lowest BCUT2D eigenvalue weighted by molar-refractivity contribution is 0.101. The van der Waals surface area contributed by atoms with Crippen LogP contribution in [0.25, 0.3) is 16.9 Å². The van der Waals surface area contributed by atoms with E-state index in [0.717, 1.165) is 16.3 Å². The van der Waals surface area contributed by atoms with Crippen molar-refractivity contribution in [2.45, 2.75) is 0 Å². The molecule has 0 saturated heterocycles. The number of anilines is 1. The van der Waals surface area contributed by atoms with Gasteiger partial charge in [-0.1, -0.05) is 12.1 Å². The highest BCUT2D eigenvalue weighted by atomic mass is 32.1. The fourth-order valence-electron chi connectivity index (χ4n) is 2.92. The van der Waals surface area contributed by atoms with Gasteiger partial charge in [0.2, 0.25) is 0 Å². The normalized spacial score (nSPS) is 10.6. The van der Waals surface area contributed by atoms with Gasteiger partial charge in [0.1, 0.15) is 11.5 Å². The van der Waals surface area contributed by atoms with Crippen LogP contribution in [0.3, 0.4) is 0 Å². The SMILES string of the molecule is COc1ccc(-n2nc(C(=O)Nc3nc(-c4cccc(OC)c4)cs3)c(O)cc2=O)cc1. The molecule has 0 aliphatic heterocycles. The average Bonchev–Trinajstić information content (AvgIpc) is 3.27. The van der Waals surface area contributed by atoms with Gasteiger partial charge in [-0.2, -0.15) is 9.78 Å². The molecular weight excluding hydrogens is 432 g/mol. The summed E-state index contributed by atoms with van der Waals surface area (Å²) in [6.45, 7) is 0. The molecule has 0 bridgehead atoms.